The zero-order chi connectivity index (χ0) is 35.9. The highest BCUT2D eigenvalue weighted by Crippen LogP contribution is 2.33. The number of alkyl halides is 3. The van der Waals surface area contributed by atoms with E-state index in [1.165, 1.54) is 55.3 Å². The Morgan fingerprint density at radius 2 is 1.90 bits per heavy atom. The molecule has 6 rings (SSSR count). The molecule has 4 heterocycles. The first kappa shape index (κ1) is 34.2. The number of rotatable bonds is 7. The number of nitrogens with one attached hydrogen (secondary N) is 1. The number of benzene rings is 2. The van der Waals surface area contributed by atoms with E-state index >= 15 is 4.39 Å². The van der Waals surface area contributed by atoms with Crippen LogP contribution in [0.2, 0.25) is 0 Å². The van der Waals surface area contributed by atoms with Gasteiger partial charge >= 0.3 is 17.8 Å². The highest BCUT2D eigenvalue weighted by Gasteiger charge is 2.45. The number of aromatic nitrogens is 4. The molecule has 0 radical (unpaired) electrons. The van der Waals surface area contributed by atoms with Crippen LogP contribution in [0.3, 0.4) is 0 Å². The Labute approximate surface area is 280 Å². The summed E-state index contributed by atoms with van der Waals surface area (Å²) in [7, 11) is 2.62. The standard InChI is InChI=1S/C34H30F4N6O6/c1-18-13-20(43-11-12-50-17-27(43)34(36,37)38)15-23(35)28(18)30(45)41-24(32(47)49-3)14-19-6-7-25(29-21(19)5-4-9-40-29)44-31(46)22-8-10-39-16-26(22)42(2)33(44)48/h4-10,13,15-16,24,27H,11-12,14,17H2,1-3H3,(H,41,45)/t24?,27-/m1/s1. The Hall–Kier alpha value is -5.64. The Morgan fingerprint density at radius 1 is 1.12 bits per heavy atom. The number of ether oxygens (including phenoxy) is 2. The van der Waals surface area contributed by atoms with Crippen LogP contribution in [0.25, 0.3) is 27.5 Å². The first-order valence-corrected chi connectivity index (χ1v) is 15.3. The molecule has 0 bridgehead atoms. The number of morpholine rings is 1. The third-order valence-electron chi connectivity index (χ3n) is 8.70. The molecule has 260 valence electrons. The van der Waals surface area contributed by atoms with Crippen molar-refractivity contribution < 1.29 is 36.6 Å². The Morgan fingerprint density at radius 3 is 2.62 bits per heavy atom. The molecule has 0 saturated carbocycles. The maximum atomic E-state index is 15.5. The molecular weight excluding hydrogens is 664 g/mol. The fraction of sp³-hybridized carbons (Fsp3) is 0.294. The predicted molar refractivity (Wildman–Crippen MR) is 174 cm³/mol. The molecule has 5 aromatic rings. The minimum atomic E-state index is -4.63. The van der Waals surface area contributed by atoms with Crippen molar-refractivity contribution in [2.24, 2.45) is 7.05 Å². The third-order valence-corrected chi connectivity index (χ3v) is 8.70. The molecule has 1 aliphatic rings. The Kier molecular flexibility index (Phi) is 9.14. The molecule has 1 unspecified atom stereocenters. The lowest BCUT2D eigenvalue weighted by Gasteiger charge is -2.38. The molecule has 50 heavy (non-hydrogen) atoms. The number of esters is 1. The van der Waals surface area contributed by atoms with E-state index < -0.39 is 59.4 Å². The van der Waals surface area contributed by atoms with E-state index in [-0.39, 0.29) is 47.4 Å². The van der Waals surface area contributed by atoms with Crippen LogP contribution >= 0.6 is 0 Å². The highest BCUT2D eigenvalue weighted by molar-refractivity contribution is 5.99. The van der Waals surface area contributed by atoms with Crippen molar-refractivity contribution in [3.05, 3.63) is 104 Å². The van der Waals surface area contributed by atoms with Crippen LogP contribution in [0.4, 0.5) is 23.2 Å². The number of aryl methyl sites for hydroxylation is 2. The van der Waals surface area contributed by atoms with Gasteiger partial charge in [0.15, 0.2) is 0 Å². The summed E-state index contributed by atoms with van der Waals surface area (Å²) in [5.74, 6) is -2.93. The molecule has 1 aliphatic heterocycles. The van der Waals surface area contributed by atoms with Gasteiger partial charge in [-0.3, -0.25) is 24.1 Å². The van der Waals surface area contributed by atoms with E-state index in [1.54, 1.807) is 18.2 Å². The van der Waals surface area contributed by atoms with Gasteiger partial charge in [-0.05, 0) is 48.4 Å². The van der Waals surface area contributed by atoms with Crippen LogP contribution < -0.4 is 21.5 Å². The molecule has 2 aromatic carbocycles. The van der Waals surface area contributed by atoms with E-state index in [0.717, 1.165) is 22.6 Å². The number of amides is 1. The number of carbonyl (C=O) groups is 2. The van der Waals surface area contributed by atoms with Gasteiger partial charge in [-0.15, -0.1) is 0 Å². The third kappa shape index (κ3) is 6.17. The van der Waals surface area contributed by atoms with Gasteiger partial charge < -0.3 is 19.7 Å². The first-order chi connectivity index (χ1) is 23.8. The molecule has 2 atom stereocenters. The second kappa shape index (κ2) is 13.3. The molecule has 1 saturated heterocycles. The van der Waals surface area contributed by atoms with Gasteiger partial charge in [0.25, 0.3) is 11.5 Å². The zero-order valence-corrected chi connectivity index (χ0v) is 27.0. The van der Waals surface area contributed by atoms with Crippen LogP contribution in [-0.4, -0.2) is 76.1 Å². The van der Waals surface area contributed by atoms with Crippen molar-refractivity contribution in [2.75, 3.05) is 31.8 Å². The summed E-state index contributed by atoms with van der Waals surface area (Å²) < 4.78 is 68.7. The number of methoxy groups -OCH3 is 1. The van der Waals surface area contributed by atoms with Gasteiger partial charge in [-0.1, -0.05) is 12.1 Å². The van der Waals surface area contributed by atoms with Gasteiger partial charge in [0, 0.05) is 43.5 Å². The number of hydrogen-bond donors (Lipinski definition) is 1. The number of anilines is 1. The summed E-state index contributed by atoms with van der Waals surface area (Å²) in [6.07, 6.45) is -0.479. The van der Waals surface area contributed by atoms with Crippen molar-refractivity contribution in [1.82, 2.24) is 24.4 Å². The predicted octanol–water partition coefficient (Wildman–Crippen LogP) is 3.36. The van der Waals surface area contributed by atoms with Crippen molar-refractivity contribution in [3.63, 3.8) is 0 Å². The summed E-state index contributed by atoms with van der Waals surface area (Å²) in [5, 5.41) is 3.21. The van der Waals surface area contributed by atoms with Crippen molar-refractivity contribution in [1.29, 1.82) is 0 Å². The molecule has 16 heteroatoms. The summed E-state index contributed by atoms with van der Waals surface area (Å²) >= 11 is 0. The highest BCUT2D eigenvalue weighted by atomic mass is 19.4. The van der Waals surface area contributed by atoms with Crippen LogP contribution in [-0.2, 0) is 27.7 Å². The van der Waals surface area contributed by atoms with Crippen LogP contribution in [0.1, 0.15) is 21.5 Å². The number of nitrogens with zero attached hydrogens (tertiary/aromatic N) is 5. The van der Waals surface area contributed by atoms with Crippen molar-refractivity contribution in [3.8, 4) is 5.69 Å². The monoisotopic (exact) mass is 694 g/mol. The van der Waals surface area contributed by atoms with E-state index in [2.05, 4.69) is 15.3 Å². The van der Waals surface area contributed by atoms with Crippen LogP contribution in [0.15, 0.2) is 70.6 Å². The van der Waals surface area contributed by atoms with Gasteiger partial charge in [-0.25, -0.2) is 18.5 Å². The molecular formula is C34H30F4N6O6. The minimum absolute atomic E-state index is 0.00877. The second-order valence-electron chi connectivity index (χ2n) is 11.7. The fourth-order valence-electron chi connectivity index (χ4n) is 6.23. The van der Waals surface area contributed by atoms with E-state index in [4.69, 9.17) is 9.47 Å². The largest absolute Gasteiger partial charge is 0.467 e. The maximum Gasteiger partial charge on any atom is 0.411 e. The molecule has 1 amide bonds. The number of pyridine rings is 2. The van der Waals surface area contributed by atoms with Gasteiger partial charge in [0.2, 0.25) is 0 Å². The zero-order valence-electron chi connectivity index (χ0n) is 27.0. The summed E-state index contributed by atoms with van der Waals surface area (Å²) in [6.45, 7) is 0.633. The van der Waals surface area contributed by atoms with Crippen LogP contribution in [0, 0.1) is 12.7 Å². The number of hydrogen-bond acceptors (Lipinski definition) is 9. The molecule has 12 nitrogen and oxygen atoms in total. The maximum absolute atomic E-state index is 15.5. The fourth-order valence-corrected chi connectivity index (χ4v) is 6.23. The van der Waals surface area contributed by atoms with Crippen molar-refractivity contribution in [2.45, 2.75) is 31.6 Å². The first-order valence-electron chi connectivity index (χ1n) is 15.3. The number of halogens is 4. The number of fused-ring (bicyclic) bond motifs is 2. The lowest BCUT2D eigenvalue weighted by molar-refractivity contribution is -0.167. The molecule has 0 aliphatic carbocycles. The van der Waals surface area contributed by atoms with Crippen LogP contribution in [0.5, 0.6) is 0 Å². The SMILES string of the molecule is COC(=O)C(Cc1ccc(-n2c(=O)c3ccncc3n(C)c2=O)c2ncccc12)NC(=O)c1c(C)cc(N2CCOC[C@@H]2C(F)(F)F)cc1F. The van der Waals surface area contributed by atoms with E-state index in [1.807, 2.05) is 0 Å². The quantitative estimate of drug-likeness (QED) is 0.201. The minimum Gasteiger partial charge on any atom is -0.467 e. The lowest BCUT2D eigenvalue weighted by Crippen LogP contribution is -2.53. The Balaban J connectivity index is 1.34. The topological polar surface area (TPSA) is 138 Å². The summed E-state index contributed by atoms with van der Waals surface area (Å²) in [6, 6.07) is 6.65. The molecule has 1 fully saturated rings. The summed E-state index contributed by atoms with van der Waals surface area (Å²) in [4.78, 5) is 62.7. The van der Waals surface area contributed by atoms with Gasteiger partial charge in [0.1, 0.15) is 17.9 Å². The van der Waals surface area contributed by atoms with Gasteiger partial charge in [0.05, 0.1) is 54.2 Å². The van der Waals surface area contributed by atoms with Gasteiger partial charge in [-0.2, -0.15) is 13.2 Å². The van der Waals surface area contributed by atoms with E-state index in [0.29, 0.717) is 16.5 Å². The van der Waals surface area contributed by atoms with E-state index in [9.17, 15) is 32.3 Å². The molecule has 1 N–H and O–H groups in total. The van der Waals surface area contributed by atoms with Crippen molar-refractivity contribution >= 4 is 39.4 Å². The average Bonchev–Trinajstić information content (AvgIpc) is 3.10. The second-order valence-corrected chi connectivity index (χ2v) is 11.7. The number of carbonyl (C=O) groups excluding carboxylic acids is 2. The smallest absolute Gasteiger partial charge is 0.411 e. The summed E-state index contributed by atoms with van der Waals surface area (Å²) in [5.41, 5.74) is -0.450. The average molecular weight is 695 g/mol. The lowest BCUT2D eigenvalue weighted by atomic mass is 9.99. The Bertz CT molecular complexity index is 2250. The molecule has 0 spiro atoms. The molecule has 3 aromatic heterocycles. The normalized spacial score (nSPS) is 15.7.